The topological polar surface area (TPSA) is 22.1 Å². The van der Waals surface area contributed by atoms with Crippen LogP contribution in [0.2, 0.25) is 0 Å². The summed E-state index contributed by atoms with van der Waals surface area (Å²) in [7, 11) is 0. The fourth-order valence-electron chi connectivity index (χ4n) is 2.50. The number of ether oxygens (including phenoxy) is 1. The highest BCUT2D eigenvalue weighted by molar-refractivity contribution is 9.10. The maximum Gasteiger partial charge on any atom is 0.138 e. The number of alkyl halides is 1. The summed E-state index contributed by atoms with van der Waals surface area (Å²) in [6, 6.07) is 1.98. The van der Waals surface area contributed by atoms with Gasteiger partial charge in [0.1, 0.15) is 5.75 Å². The average molecular weight is 377 g/mol. The molecule has 1 heterocycles. The van der Waals surface area contributed by atoms with Gasteiger partial charge in [-0.05, 0) is 34.8 Å². The van der Waals surface area contributed by atoms with E-state index in [0.29, 0.717) is 5.41 Å². The van der Waals surface area contributed by atoms with E-state index in [1.807, 2.05) is 6.07 Å². The first-order valence-electron chi connectivity index (χ1n) is 6.53. The Bertz CT molecular complexity index is 376. The summed E-state index contributed by atoms with van der Waals surface area (Å²) in [5.41, 5.74) is 0.304. The molecule has 0 amide bonds. The molecule has 1 aliphatic rings. The number of pyridine rings is 1. The van der Waals surface area contributed by atoms with E-state index in [0.717, 1.165) is 22.2 Å². The van der Waals surface area contributed by atoms with Crippen LogP contribution in [-0.2, 0) is 0 Å². The molecule has 100 valence electrons. The van der Waals surface area contributed by atoms with Crippen molar-refractivity contribution in [3.05, 3.63) is 22.9 Å². The van der Waals surface area contributed by atoms with Crippen LogP contribution >= 0.6 is 31.9 Å². The van der Waals surface area contributed by atoms with Crippen LogP contribution < -0.4 is 4.74 Å². The molecule has 1 aliphatic carbocycles. The van der Waals surface area contributed by atoms with Gasteiger partial charge < -0.3 is 4.74 Å². The SMILES string of the molecule is BrCC1(COc2cncc(Br)c2)CCCCCC1. The van der Waals surface area contributed by atoms with E-state index in [-0.39, 0.29) is 0 Å². The monoisotopic (exact) mass is 375 g/mol. The van der Waals surface area contributed by atoms with E-state index in [1.54, 1.807) is 12.4 Å². The lowest BCUT2D eigenvalue weighted by molar-refractivity contribution is 0.149. The quantitative estimate of drug-likeness (QED) is 0.547. The molecule has 1 aromatic rings. The van der Waals surface area contributed by atoms with Gasteiger partial charge in [-0.3, -0.25) is 4.98 Å². The zero-order valence-electron chi connectivity index (χ0n) is 10.5. The normalized spacial score (nSPS) is 19.2. The predicted octanol–water partition coefficient (Wildman–Crippen LogP) is 4.96. The van der Waals surface area contributed by atoms with Crippen molar-refractivity contribution < 1.29 is 4.74 Å². The summed E-state index contributed by atoms with van der Waals surface area (Å²) >= 11 is 7.11. The number of halogens is 2. The van der Waals surface area contributed by atoms with Crippen molar-refractivity contribution in [2.75, 3.05) is 11.9 Å². The molecule has 0 bridgehead atoms. The van der Waals surface area contributed by atoms with Crippen LogP contribution in [0, 0.1) is 5.41 Å². The molecule has 4 heteroatoms. The molecule has 2 rings (SSSR count). The van der Waals surface area contributed by atoms with Gasteiger partial charge >= 0.3 is 0 Å². The highest BCUT2D eigenvalue weighted by Crippen LogP contribution is 2.37. The summed E-state index contributed by atoms with van der Waals surface area (Å²) in [5.74, 6) is 0.856. The zero-order valence-corrected chi connectivity index (χ0v) is 13.7. The number of rotatable bonds is 4. The lowest BCUT2D eigenvalue weighted by Crippen LogP contribution is -2.30. The van der Waals surface area contributed by atoms with Gasteiger partial charge in [-0.2, -0.15) is 0 Å². The van der Waals surface area contributed by atoms with Gasteiger partial charge in [-0.15, -0.1) is 0 Å². The Morgan fingerprint density at radius 3 is 2.50 bits per heavy atom. The summed E-state index contributed by atoms with van der Waals surface area (Å²) in [6.45, 7) is 0.788. The minimum Gasteiger partial charge on any atom is -0.491 e. The standard InChI is InChI=1S/C14H19Br2NO/c15-10-14(5-3-1-2-4-6-14)11-18-13-7-12(16)8-17-9-13/h7-9H,1-6,10-11H2. The lowest BCUT2D eigenvalue weighted by Gasteiger charge is -2.30. The van der Waals surface area contributed by atoms with Crippen molar-refractivity contribution in [2.45, 2.75) is 38.5 Å². The third-order valence-electron chi connectivity index (χ3n) is 3.67. The molecule has 0 spiro atoms. The third kappa shape index (κ3) is 3.95. The smallest absolute Gasteiger partial charge is 0.138 e. The van der Waals surface area contributed by atoms with Crippen LogP contribution in [0.5, 0.6) is 5.75 Å². The molecule has 0 N–H and O–H groups in total. The first-order chi connectivity index (χ1) is 8.74. The second-order valence-corrected chi connectivity index (χ2v) is 6.65. The van der Waals surface area contributed by atoms with Crippen molar-refractivity contribution >= 4 is 31.9 Å². The zero-order chi connectivity index (χ0) is 12.8. The van der Waals surface area contributed by atoms with Crippen molar-refractivity contribution in [1.29, 1.82) is 0 Å². The molecule has 1 saturated carbocycles. The Balaban J connectivity index is 1.97. The number of nitrogens with zero attached hydrogens (tertiary/aromatic N) is 1. The van der Waals surface area contributed by atoms with Gasteiger partial charge in [0.15, 0.2) is 0 Å². The molecule has 2 nitrogen and oxygen atoms in total. The molecular formula is C14H19Br2NO. The van der Waals surface area contributed by atoms with Gasteiger partial charge in [-0.25, -0.2) is 0 Å². The van der Waals surface area contributed by atoms with E-state index in [4.69, 9.17) is 4.74 Å². The number of aromatic nitrogens is 1. The number of hydrogen-bond donors (Lipinski definition) is 0. The van der Waals surface area contributed by atoms with Crippen LogP contribution in [-0.4, -0.2) is 16.9 Å². The van der Waals surface area contributed by atoms with E-state index in [2.05, 4.69) is 36.8 Å². The van der Waals surface area contributed by atoms with Gasteiger partial charge in [0, 0.05) is 21.4 Å². The van der Waals surface area contributed by atoms with Crippen molar-refractivity contribution in [3.8, 4) is 5.75 Å². The maximum absolute atomic E-state index is 5.95. The van der Waals surface area contributed by atoms with Gasteiger partial charge in [0.05, 0.1) is 12.8 Å². The molecular weight excluding hydrogens is 358 g/mol. The van der Waals surface area contributed by atoms with Crippen LogP contribution in [0.1, 0.15) is 38.5 Å². The summed E-state index contributed by atoms with van der Waals surface area (Å²) < 4.78 is 6.92. The molecule has 1 fully saturated rings. The molecule has 0 radical (unpaired) electrons. The average Bonchev–Trinajstić information content (AvgIpc) is 2.63. The molecule has 0 aromatic carbocycles. The Hall–Kier alpha value is -0.0900. The highest BCUT2D eigenvalue weighted by Gasteiger charge is 2.30. The summed E-state index contributed by atoms with van der Waals surface area (Å²) in [5, 5.41) is 1.03. The van der Waals surface area contributed by atoms with E-state index >= 15 is 0 Å². The largest absolute Gasteiger partial charge is 0.491 e. The Labute approximate surface area is 126 Å². The van der Waals surface area contributed by atoms with Crippen molar-refractivity contribution in [2.24, 2.45) is 5.41 Å². The first kappa shape index (κ1) is 14.3. The molecule has 0 unspecified atom stereocenters. The van der Waals surface area contributed by atoms with Crippen LogP contribution in [0.3, 0.4) is 0 Å². The van der Waals surface area contributed by atoms with E-state index in [9.17, 15) is 0 Å². The predicted molar refractivity (Wildman–Crippen MR) is 81.4 cm³/mol. The minimum atomic E-state index is 0.304. The molecule has 0 saturated heterocycles. The first-order valence-corrected chi connectivity index (χ1v) is 8.45. The second kappa shape index (κ2) is 6.90. The number of hydrogen-bond acceptors (Lipinski definition) is 2. The fourth-order valence-corrected chi connectivity index (χ4v) is 3.57. The van der Waals surface area contributed by atoms with Crippen LogP contribution in [0.25, 0.3) is 0 Å². The van der Waals surface area contributed by atoms with E-state index in [1.165, 1.54) is 38.5 Å². The second-order valence-electron chi connectivity index (χ2n) is 5.18. The maximum atomic E-state index is 5.95. The Kier molecular flexibility index (Phi) is 5.49. The summed E-state index contributed by atoms with van der Waals surface area (Å²) in [4.78, 5) is 4.13. The Morgan fingerprint density at radius 1 is 1.17 bits per heavy atom. The highest BCUT2D eigenvalue weighted by atomic mass is 79.9. The lowest BCUT2D eigenvalue weighted by atomic mass is 9.83. The van der Waals surface area contributed by atoms with Crippen LogP contribution in [0.15, 0.2) is 22.9 Å². The van der Waals surface area contributed by atoms with Crippen molar-refractivity contribution in [3.63, 3.8) is 0 Å². The molecule has 1 aromatic heterocycles. The van der Waals surface area contributed by atoms with E-state index < -0.39 is 0 Å². The molecule has 0 aliphatic heterocycles. The molecule has 0 atom stereocenters. The van der Waals surface area contributed by atoms with Gasteiger partial charge in [0.25, 0.3) is 0 Å². The third-order valence-corrected chi connectivity index (χ3v) is 5.30. The Morgan fingerprint density at radius 2 is 1.89 bits per heavy atom. The molecule has 18 heavy (non-hydrogen) atoms. The van der Waals surface area contributed by atoms with Crippen LogP contribution in [0.4, 0.5) is 0 Å². The van der Waals surface area contributed by atoms with Gasteiger partial charge in [0.2, 0.25) is 0 Å². The fraction of sp³-hybridized carbons (Fsp3) is 0.643. The van der Waals surface area contributed by atoms with Crippen molar-refractivity contribution in [1.82, 2.24) is 4.98 Å². The summed E-state index contributed by atoms with van der Waals surface area (Å²) in [6.07, 6.45) is 11.5. The minimum absolute atomic E-state index is 0.304. The van der Waals surface area contributed by atoms with Gasteiger partial charge in [-0.1, -0.05) is 41.6 Å².